The number of nitrogens with zero attached hydrogens (tertiary/aromatic N) is 1. The number of ether oxygens (including phenoxy) is 1. The minimum Gasteiger partial charge on any atom is -0.481 e. The van der Waals surface area contributed by atoms with Gasteiger partial charge in [-0.1, -0.05) is 12.3 Å². The van der Waals surface area contributed by atoms with Crippen molar-refractivity contribution in [1.29, 1.82) is 5.26 Å². The van der Waals surface area contributed by atoms with Gasteiger partial charge in [0.1, 0.15) is 0 Å². The number of carbonyl (C=O) groups is 2. The third kappa shape index (κ3) is 8.95. The van der Waals surface area contributed by atoms with Crippen molar-refractivity contribution in [2.75, 3.05) is 0 Å². The van der Waals surface area contributed by atoms with Gasteiger partial charge in [-0.15, -0.1) is 6.42 Å². The zero-order valence-electron chi connectivity index (χ0n) is 9.52. The Morgan fingerprint density at radius 2 is 1.94 bits per heavy atom. The smallest absolute Gasteiger partial charge is 0.307 e. The van der Waals surface area contributed by atoms with Crippen LogP contribution in [-0.2, 0) is 14.3 Å². The van der Waals surface area contributed by atoms with Gasteiger partial charge in [-0.05, 0) is 12.8 Å². The molecule has 1 N–H and O–H groups in total. The van der Waals surface area contributed by atoms with Crippen molar-refractivity contribution in [3.05, 3.63) is 0 Å². The SMILES string of the molecule is C#CC(CC#N)OC(=O)CCCCCC(=O)O. The van der Waals surface area contributed by atoms with E-state index >= 15 is 0 Å². The van der Waals surface area contributed by atoms with Crippen molar-refractivity contribution in [2.24, 2.45) is 0 Å². The lowest BCUT2D eigenvalue weighted by Gasteiger charge is -2.08. The Bertz CT molecular complexity index is 337. The van der Waals surface area contributed by atoms with E-state index in [1.165, 1.54) is 0 Å². The highest BCUT2D eigenvalue weighted by Gasteiger charge is 2.10. The molecule has 92 valence electrons. The molecule has 0 radical (unpaired) electrons. The summed E-state index contributed by atoms with van der Waals surface area (Å²) in [5.74, 6) is 0.922. The molecule has 0 aliphatic rings. The van der Waals surface area contributed by atoms with Gasteiger partial charge in [-0.3, -0.25) is 9.59 Å². The van der Waals surface area contributed by atoms with Crippen molar-refractivity contribution in [3.63, 3.8) is 0 Å². The number of hydrogen-bond donors (Lipinski definition) is 1. The lowest BCUT2D eigenvalue weighted by Crippen LogP contribution is -2.15. The summed E-state index contributed by atoms with van der Waals surface area (Å²) in [7, 11) is 0. The fraction of sp³-hybridized carbons (Fsp3) is 0.583. The summed E-state index contributed by atoms with van der Waals surface area (Å²) < 4.78 is 4.85. The third-order valence-corrected chi connectivity index (χ3v) is 2.01. The van der Waals surface area contributed by atoms with Crippen LogP contribution in [0.3, 0.4) is 0 Å². The Labute approximate surface area is 100 Å². The first-order chi connectivity index (χ1) is 8.10. The summed E-state index contributed by atoms with van der Waals surface area (Å²) in [5.41, 5.74) is 0. The van der Waals surface area contributed by atoms with Crippen LogP contribution in [-0.4, -0.2) is 23.1 Å². The second-order valence-electron chi connectivity index (χ2n) is 3.46. The number of carbonyl (C=O) groups excluding carboxylic acids is 1. The van der Waals surface area contributed by atoms with E-state index in [1.807, 2.05) is 6.07 Å². The summed E-state index contributed by atoms with van der Waals surface area (Å²) >= 11 is 0. The molecule has 5 heteroatoms. The van der Waals surface area contributed by atoms with Crippen LogP contribution in [0.15, 0.2) is 0 Å². The number of hydrogen-bond acceptors (Lipinski definition) is 4. The molecule has 17 heavy (non-hydrogen) atoms. The van der Waals surface area contributed by atoms with E-state index in [-0.39, 0.29) is 19.3 Å². The Balaban J connectivity index is 3.63. The number of terminal acetylenes is 1. The predicted octanol–water partition coefficient (Wildman–Crippen LogP) is 1.48. The number of carboxylic acid groups (broad SMARTS) is 1. The van der Waals surface area contributed by atoms with Crippen molar-refractivity contribution >= 4 is 11.9 Å². The molecule has 5 nitrogen and oxygen atoms in total. The average Bonchev–Trinajstić information content (AvgIpc) is 2.27. The molecule has 0 bridgehead atoms. The molecule has 0 heterocycles. The largest absolute Gasteiger partial charge is 0.481 e. The van der Waals surface area contributed by atoms with Gasteiger partial charge in [0.25, 0.3) is 0 Å². The van der Waals surface area contributed by atoms with Crippen LogP contribution in [0.25, 0.3) is 0 Å². The van der Waals surface area contributed by atoms with Gasteiger partial charge in [0, 0.05) is 12.8 Å². The molecule has 0 saturated carbocycles. The van der Waals surface area contributed by atoms with Crippen molar-refractivity contribution < 1.29 is 19.4 Å². The fourth-order valence-electron chi connectivity index (χ4n) is 1.16. The molecule has 0 aliphatic heterocycles. The molecule has 0 fully saturated rings. The van der Waals surface area contributed by atoms with Crippen LogP contribution in [0, 0.1) is 23.7 Å². The van der Waals surface area contributed by atoms with Crippen LogP contribution in [0.5, 0.6) is 0 Å². The Hall–Kier alpha value is -2.01. The number of carboxylic acids is 1. The Morgan fingerprint density at radius 1 is 1.29 bits per heavy atom. The monoisotopic (exact) mass is 237 g/mol. The minimum atomic E-state index is -0.839. The highest BCUT2D eigenvalue weighted by atomic mass is 16.5. The molecule has 0 rings (SSSR count). The van der Waals surface area contributed by atoms with E-state index < -0.39 is 18.0 Å². The van der Waals surface area contributed by atoms with Crippen LogP contribution in [0.4, 0.5) is 0 Å². The number of aliphatic carboxylic acids is 1. The summed E-state index contributed by atoms with van der Waals surface area (Å²) in [5, 5.41) is 16.8. The summed E-state index contributed by atoms with van der Waals surface area (Å²) in [6.07, 6.45) is 6.34. The molecule has 0 spiro atoms. The summed E-state index contributed by atoms with van der Waals surface area (Å²) in [4.78, 5) is 21.4. The van der Waals surface area contributed by atoms with E-state index in [1.54, 1.807) is 0 Å². The summed E-state index contributed by atoms with van der Waals surface area (Å²) in [6, 6.07) is 1.83. The maximum absolute atomic E-state index is 11.2. The van der Waals surface area contributed by atoms with E-state index in [2.05, 4.69) is 5.92 Å². The topological polar surface area (TPSA) is 87.4 Å². The van der Waals surface area contributed by atoms with E-state index in [0.717, 1.165) is 0 Å². The lowest BCUT2D eigenvalue weighted by atomic mass is 10.1. The molecular formula is C12H15NO4. The van der Waals surface area contributed by atoms with Gasteiger partial charge in [0.15, 0.2) is 6.10 Å². The van der Waals surface area contributed by atoms with Crippen molar-refractivity contribution in [1.82, 2.24) is 0 Å². The Kier molecular flexibility index (Phi) is 8.14. The third-order valence-electron chi connectivity index (χ3n) is 2.01. The molecule has 1 unspecified atom stereocenters. The normalized spacial score (nSPS) is 10.9. The zero-order valence-corrected chi connectivity index (χ0v) is 9.52. The molecule has 0 aromatic rings. The highest BCUT2D eigenvalue weighted by molar-refractivity contribution is 5.69. The predicted molar refractivity (Wildman–Crippen MR) is 59.7 cm³/mol. The number of rotatable bonds is 8. The maximum atomic E-state index is 11.2. The van der Waals surface area contributed by atoms with Crippen molar-refractivity contribution in [2.45, 2.75) is 44.6 Å². The maximum Gasteiger partial charge on any atom is 0.307 e. The van der Waals surface area contributed by atoms with E-state index in [9.17, 15) is 9.59 Å². The lowest BCUT2D eigenvalue weighted by molar-refractivity contribution is -0.146. The van der Waals surface area contributed by atoms with Gasteiger partial charge >= 0.3 is 11.9 Å². The number of nitriles is 1. The van der Waals surface area contributed by atoms with Crippen LogP contribution < -0.4 is 0 Å². The quantitative estimate of drug-likeness (QED) is 0.392. The molecule has 1 atom stereocenters. The fourth-order valence-corrected chi connectivity index (χ4v) is 1.16. The number of unbranched alkanes of at least 4 members (excludes halogenated alkanes) is 2. The first-order valence-electron chi connectivity index (χ1n) is 5.34. The molecule has 0 amide bonds. The molecule has 0 aromatic carbocycles. The zero-order chi connectivity index (χ0) is 13.1. The van der Waals surface area contributed by atoms with Crippen LogP contribution in [0.1, 0.15) is 38.5 Å². The molecule has 0 saturated heterocycles. The first kappa shape index (κ1) is 15.0. The van der Waals surface area contributed by atoms with Crippen LogP contribution in [0.2, 0.25) is 0 Å². The van der Waals surface area contributed by atoms with Gasteiger partial charge in [0.05, 0.1) is 12.5 Å². The number of esters is 1. The van der Waals surface area contributed by atoms with Crippen LogP contribution >= 0.6 is 0 Å². The first-order valence-corrected chi connectivity index (χ1v) is 5.34. The second-order valence-corrected chi connectivity index (χ2v) is 3.46. The standard InChI is InChI=1S/C12H15NO4/c1-2-10(8-9-13)17-12(16)7-5-3-4-6-11(14)15/h1,10H,3-8H2,(H,14,15). The average molecular weight is 237 g/mol. The molecule has 0 aliphatic carbocycles. The molecule has 0 aromatic heterocycles. The van der Waals surface area contributed by atoms with E-state index in [0.29, 0.717) is 19.3 Å². The van der Waals surface area contributed by atoms with Gasteiger partial charge in [0.2, 0.25) is 0 Å². The minimum absolute atomic E-state index is 0.0126. The van der Waals surface area contributed by atoms with E-state index in [4.69, 9.17) is 21.5 Å². The second kappa shape index (κ2) is 9.23. The van der Waals surface area contributed by atoms with Crippen molar-refractivity contribution in [3.8, 4) is 18.4 Å². The Morgan fingerprint density at radius 3 is 2.47 bits per heavy atom. The summed E-state index contributed by atoms with van der Waals surface area (Å²) in [6.45, 7) is 0. The van der Waals surface area contributed by atoms with Gasteiger partial charge < -0.3 is 9.84 Å². The van der Waals surface area contributed by atoms with Gasteiger partial charge in [-0.25, -0.2) is 0 Å². The van der Waals surface area contributed by atoms with Gasteiger partial charge in [-0.2, -0.15) is 5.26 Å². The highest BCUT2D eigenvalue weighted by Crippen LogP contribution is 2.06. The molecular weight excluding hydrogens is 222 g/mol.